The highest BCUT2D eigenvalue weighted by Crippen LogP contribution is 2.27. The van der Waals surface area contributed by atoms with Crippen molar-refractivity contribution < 1.29 is 19.2 Å². The summed E-state index contributed by atoms with van der Waals surface area (Å²) in [7, 11) is 3.31. The van der Waals surface area contributed by atoms with Crippen LogP contribution in [0.5, 0.6) is 5.75 Å². The van der Waals surface area contributed by atoms with E-state index in [9.17, 15) is 9.59 Å². The summed E-state index contributed by atoms with van der Waals surface area (Å²) in [6.07, 6.45) is 0. The SMILES string of the molecule is COc1ccc(Cl)cc1NC(=O)C[NH+](C)CC(=O)Nc1cc(C)cc(C)c1. The second kappa shape index (κ2) is 9.39. The Morgan fingerprint density at radius 2 is 1.59 bits per heavy atom. The summed E-state index contributed by atoms with van der Waals surface area (Å²) < 4.78 is 5.21. The highest BCUT2D eigenvalue weighted by molar-refractivity contribution is 6.31. The number of hydrogen-bond acceptors (Lipinski definition) is 3. The van der Waals surface area contributed by atoms with Gasteiger partial charge >= 0.3 is 0 Å². The summed E-state index contributed by atoms with van der Waals surface area (Å²) in [4.78, 5) is 25.3. The number of quaternary nitrogens is 1. The van der Waals surface area contributed by atoms with Gasteiger partial charge in [0.2, 0.25) is 0 Å². The zero-order chi connectivity index (χ0) is 20.0. The second-order valence-electron chi connectivity index (χ2n) is 6.63. The number of aryl methyl sites for hydroxylation is 2. The predicted molar refractivity (Wildman–Crippen MR) is 108 cm³/mol. The van der Waals surface area contributed by atoms with Crippen LogP contribution in [-0.4, -0.2) is 39.1 Å². The lowest BCUT2D eigenvalue weighted by Crippen LogP contribution is -3.11. The number of ether oxygens (including phenoxy) is 1. The quantitative estimate of drug-likeness (QED) is 0.677. The van der Waals surface area contributed by atoms with E-state index in [1.54, 1.807) is 25.2 Å². The van der Waals surface area contributed by atoms with Crippen molar-refractivity contribution >= 4 is 34.8 Å². The van der Waals surface area contributed by atoms with E-state index in [-0.39, 0.29) is 24.9 Å². The minimum Gasteiger partial charge on any atom is -0.495 e. The maximum Gasteiger partial charge on any atom is 0.279 e. The highest BCUT2D eigenvalue weighted by Gasteiger charge is 2.16. The molecular formula is C20H25ClN3O3+. The minimum atomic E-state index is -0.229. The summed E-state index contributed by atoms with van der Waals surface area (Å²) in [5.41, 5.74) is 3.43. The van der Waals surface area contributed by atoms with Crippen molar-refractivity contribution in [2.24, 2.45) is 0 Å². The Balaban J connectivity index is 1.89. The number of anilines is 2. The van der Waals surface area contributed by atoms with Crippen LogP contribution in [0.15, 0.2) is 36.4 Å². The molecule has 0 spiro atoms. The van der Waals surface area contributed by atoms with Crippen LogP contribution in [0.4, 0.5) is 11.4 Å². The van der Waals surface area contributed by atoms with Gasteiger partial charge in [0.15, 0.2) is 13.1 Å². The van der Waals surface area contributed by atoms with Crippen molar-refractivity contribution in [3.8, 4) is 5.75 Å². The fourth-order valence-electron chi connectivity index (χ4n) is 2.83. The monoisotopic (exact) mass is 390 g/mol. The number of rotatable bonds is 7. The lowest BCUT2D eigenvalue weighted by atomic mass is 10.1. The molecule has 6 nitrogen and oxygen atoms in total. The highest BCUT2D eigenvalue weighted by atomic mass is 35.5. The van der Waals surface area contributed by atoms with Crippen LogP contribution in [0.3, 0.4) is 0 Å². The molecular weight excluding hydrogens is 366 g/mol. The van der Waals surface area contributed by atoms with Crippen LogP contribution >= 0.6 is 11.6 Å². The first kappa shape index (κ1) is 20.7. The predicted octanol–water partition coefficient (Wildman–Crippen LogP) is 2.06. The van der Waals surface area contributed by atoms with Gasteiger partial charge < -0.3 is 20.3 Å². The molecule has 0 saturated heterocycles. The van der Waals surface area contributed by atoms with Gasteiger partial charge in [-0.1, -0.05) is 17.7 Å². The summed E-state index contributed by atoms with van der Waals surface area (Å²) in [6, 6.07) is 10.9. The minimum absolute atomic E-state index is 0.135. The largest absolute Gasteiger partial charge is 0.495 e. The van der Waals surface area contributed by atoms with E-state index in [2.05, 4.69) is 10.6 Å². The van der Waals surface area contributed by atoms with E-state index in [0.717, 1.165) is 21.7 Å². The van der Waals surface area contributed by atoms with E-state index < -0.39 is 0 Å². The van der Waals surface area contributed by atoms with Gasteiger partial charge in [-0.05, 0) is 55.3 Å². The van der Waals surface area contributed by atoms with Crippen LogP contribution in [0, 0.1) is 13.8 Å². The molecule has 0 bridgehead atoms. The van der Waals surface area contributed by atoms with Crippen molar-refractivity contribution in [1.82, 2.24) is 0 Å². The molecule has 1 atom stereocenters. The molecule has 0 heterocycles. The Morgan fingerprint density at radius 1 is 1.00 bits per heavy atom. The molecule has 0 aromatic heterocycles. The Morgan fingerprint density at radius 3 is 2.19 bits per heavy atom. The van der Waals surface area contributed by atoms with Gasteiger partial charge in [0, 0.05) is 10.7 Å². The summed E-state index contributed by atoms with van der Waals surface area (Å²) in [6.45, 7) is 4.27. The first-order valence-electron chi connectivity index (χ1n) is 8.59. The summed E-state index contributed by atoms with van der Waals surface area (Å²) in [5, 5.41) is 6.14. The standard InChI is InChI=1S/C20H24ClN3O3/c1-13-7-14(2)9-16(8-13)22-19(25)11-24(3)12-20(26)23-17-10-15(21)5-6-18(17)27-4/h5-10H,11-12H2,1-4H3,(H,22,25)(H,23,26)/p+1. The average Bonchev–Trinajstić information content (AvgIpc) is 2.53. The van der Waals surface area contributed by atoms with E-state index in [1.807, 2.05) is 32.0 Å². The average molecular weight is 391 g/mol. The lowest BCUT2D eigenvalue weighted by molar-refractivity contribution is -0.862. The number of amides is 2. The van der Waals surface area contributed by atoms with Gasteiger partial charge in [0.1, 0.15) is 5.75 Å². The molecule has 3 N–H and O–H groups in total. The Labute approximate surface area is 164 Å². The van der Waals surface area contributed by atoms with Crippen molar-refractivity contribution in [3.05, 3.63) is 52.5 Å². The van der Waals surface area contributed by atoms with E-state index in [4.69, 9.17) is 16.3 Å². The lowest BCUT2D eigenvalue weighted by Gasteiger charge is -2.15. The zero-order valence-corrected chi connectivity index (χ0v) is 16.7. The van der Waals surface area contributed by atoms with Crippen LogP contribution in [0.25, 0.3) is 0 Å². The number of benzene rings is 2. The number of methoxy groups -OCH3 is 1. The van der Waals surface area contributed by atoms with E-state index >= 15 is 0 Å². The molecule has 2 aromatic rings. The molecule has 2 aromatic carbocycles. The first-order chi connectivity index (χ1) is 12.8. The molecule has 0 aliphatic carbocycles. The normalized spacial score (nSPS) is 11.6. The van der Waals surface area contributed by atoms with E-state index in [0.29, 0.717) is 16.5 Å². The molecule has 1 unspecified atom stereocenters. The zero-order valence-electron chi connectivity index (χ0n) is 16.0. The number of hydrogen-bond donors (Lipinski definition) is 3. The van der Waals surface area contributed by atoms with Gasteiger partial charge in [-0.2, -0.15) is 0 Å². The fraction of sp³-hybridized carbons (Fsp3) is 0.300. The molecule has 0 saturated carbocycles. The molecule has 2 amide bonds. The third-order valence-corrected chi connectivity index (χ3v) is 4.10. The third-order valence-electron chi connectivity index (χ3n) is 3.87. The topological polar surface area (TPSA) is 71.9 Å². The molecule has 7 heteroatoms. The molecule has 2 rings (SSSR count). The second-order valence-corrected chi connectivity index (χ2v) is 7.06. The van der Waals surface area contributed by atoms with Gasteiger partial charge in [-0.3, -0.25) is 9.59 Å². The van der Waals surface area contributed by atoms with Gasteiger partial charge in [0.25, 0.3) is 11.8 Å². The van der Waals surface area contributed by atoms with Crippen LogP contribution < -0.4 is 20.3 Å². The number of carbonyl (C=O) groups is 2. The first-order valence-corrected chi connectivity index (χ1v) is 8.97. The maximum atomic E-state index is 12.3. The molecule has 0 aliphatic rings. The number of nitrogens with one attached hydrogen (secondary N) is 3. The summed E-state index contributed by atoms with van der Waals surface area (Å²) in [5.74, 6) is 0.149. The molecule has 0 aliphatic heterocycles. The fourth-order valence-corrected chi connectivity index (χ4v) is 3.01. The van der Waals surface area contributed by atoms with Gasteiger partial charge in [-0.25, -0.2) is 0 Å². The van der Waals surface area contributed by atoms with Crippen LogP contribution in [0.2, 0.25) is 5.02 Å². The smallest absolute Gasteiger partial charge is 0.279 e. The molecule has 0 radical (unpaired) electrons. The van der Waals surface area contributed by atoms with Crippen molar-refractivity contribution in [1.29, 1.82) is 0 Å². The van der Waals surface area contributed by atoms with Crippen molar-refractivity contribution in [2.45, 2.75) is 13.8 Å². The molecule has 27 heavy (non-hydrogen) atoms. The molecule has 0 fully saturated rings. The number of likely N-dealkylation sites (N-methyl/N-ethyl adjacent to an activating group) is 1. The maximum absolute atomic E-state index is 12.3. The number of carbonyl (C=O) groups excluding carboxylic acids is 2. The van der Waals surface area contributed by atoms with Gasteiger partial charge in [0.05, 0.1) is 19.8 Å². The van der Waals surface area contributed by atoms with Crippen LogP contribution in [-0.2, 0) is 9.59 Å². The Bertz CT molecular complexity index is 819. The van der Waals surface area contributed by atoms with Crippen molar-refractivity contribution in [2.75, 3.05) is 37.9 Å². The van der Waals surface area contributed by atoms with Crippen LogP contribution in [0.1, 0.15) is 11.1 Å². The van der Waals surface area contributed by atoms with Crippen molar-refractivity contribution in [3.63, 3.8) is 0 Å². The molecule has 144 valence electrons. The Hall–Kier alpha value is -2.57. The van der Waals surface area contributed by atoms with E-state index in [1.165, 1.54) is 7.11 Å². The summed E-state index contributed by atoms with van der Waals surface area (Å²) >= 11 is 5.97. The third kappa shape index (κ3) is 6.58. The Kier molecular flexibility index (Phi) is 7.21. The number of halogens is 1. The van der Waals surface area contributed by atoms with Gasteiger partial charge in [-0.15, -0.1) is 0 Å².